The zero-order chi connectivity index (χ0) is 6.95. The Labute approximate surface area is 59.0 Å². The third-order valence-electron chi connectivity index (χ3n) is 1.43. The third-order valence-corrected chi connectivity index (χ3v) is 2.07. The molecule has 0 aromatic rings. The van der Waals surface area contributed by atoms with E-state index in [4.69, 9.17) is 0 Å². The fraction of sp³-hybridized carbons (Fsp3) is 1.00. The van der Waals surface area contributed by atoms with E-state index >= 15 is 0 Å². The summed E-state index contributed by atoms with van der Waals surface area (Å²) in [7, 11) is -0.475. The van der Waals surface area contributed by atoms with E-state index < -0.39 is 8.46 Å². The van der Waals surface area contributed by atoms with E-state index in [0.717, 1.165) is 6.16 Å². The summed E-state index contributed by atoms with van der Waals surface area (Å²) in [5.74, 6) is 0. The smallest absolute Gasteiger partial charge is 0.0645 e. The van der Waals surface area contributed by atoms with Crippen molar-refractivity contribution < 1.29 is 4.57 Å². The first-order valence-corrected chi connectivity index (χ1v) is 5.14. The summed E-state index contributed by atoms with van der Waals surface area (Å²) in [5.41, 5.74) is 0. The van der Waals surface area contributed by atoms with E-state index in [2.05, 4.69) is 6.92 Å². The van der Waals surface area contributed by atoms with Gasteiger partial charge < -0.3 is 4.57 Å². The van der Waals surface area contributed by atoms with Crippen LogP contribution in [0.3, 0.4) is 0 Å². The summed E-state index contributed by atoms with van der Waals surface area (Å²) in [6.07, 6.45) is 7.39. The zero-order valence-corrected chi connectivity index (χ0v) is 7.38. The second kappa shape index (κ2) is 8.23. The molecule has 0 spiro atoms. The van der Waals surface area contributed by atoms with Crippen molar-refractivity contribution in [3.05, 3.63) is 0 Å². The number of hydrogen-bond donors (Lipinski definition) is 0. The summed E-state index contributed by atoms with van der Waals surface area (Å²) in [4.78, 5) is 0. The molecule has 0 bridgehead atoms. The summed E-state index contributed by atoms with van der Waals surface area (Å²) in [5, 5.41) is 0. The lowest BCUT2D eigenvalue weighted by molar-refractivity contribution is 0.593. The SMILES string of the molecule is CCCCCCC[PH2]=O. The fourth-order valence-electron chi connectivity index (χ4n) is 0.831. The van der Waals surface area contributed by atoms with E-state index in [0.29, 0.717) is 0 Å². The minimum absolute atomic E-state index is 0.475. The van der Waals surface area contributed by atoms with Crippen molar-refractivity contribution in [1.29, 1.82) is 0 Å². The van der Waals surface area contributed by atoms with Crippen LogP contribution in [0.4, 0.5) is 0 Å². The summed E-state index contributed by atoms with van der Waals surface area (Å²) >= 11 is 0. The van der Waals surface area contributed by atoms with Gasteiger partial charge in [0.15, 0.2) is 0 Å². The van der Waals surface area contributed by atoms with Gasteiger partial charge in [-0.25, -0.2) is 0 Å². The molecule has 0 heterocycles. The molecule has 0 saturated carbocycles. The Morgan fingerprint density at radius 2 is 1.78 bits per heavy atom. The van der Waals surface area contributed by atoms with Crippen molar-refractivity contribution in [1.82, 2.24) is 0 Å². The first-order valence-electron chi connectivity index (χ1n) is 3.85. The quantitative estimate of drug-likeness (QED) is 0.418. The van der Waals surface area contributed by atoms with Gasteiger partial charge in [-0.3, -0.25) is 0 Å². The molecule has 0 radical (unpaired) electrons. The van der Waals surface area contributed by atoms with Gasteiger partial charge in [-0.1, -0.05) is 32.6 Å². The molecule has 9 heavy (non-hydrogen) atoms. The highest BCUT2D eigenvalue weighted by molar-refractivity contribution is 7.23. The highest BCUT2D eigenvalue weighted by Gasteiger charge is 1.85. The highest BCUT2D eigenvalue weighted by atomic mass is 31.1. The molecular formula is C7H17OP. The highest BCUT2D eigenvalue weighted by Crippen LogP contribution is 2.05. The van der Waals surface area contributed by atoms with Gasteiger partial charge in [0.2, 0.25) is 0 Å². The predicted octanol–water partition coefficient (Wildman–Crippen LogP) is 2.71. The van der Waals surface area contributed by atoms with Gasteiger partial charge in [0.25, 0.3) is 0 Å². The molecule has 56 valence electrons. The Balaban J connectivity index is 2.66. The second-order valence-corrected chi connectivity index (χ2v) is 3.28. The van der Waals surface area contributed by atoms with Crippen molar-refractivity contribution in [3.8, 4) is 0 Å². The molecule has 0 rings (SSSR count). The van der Waals surface area contributed by atoms with Gasteiger partial charge in [-0.2, -0.15) is 0 Å². The van der Waals surface area contributed by atoms with Gasteiger partial charge in [0.1, 0.15) is 0 Å². The van der Waals surface area contributed by atoms with Crippen molar-refractivity contribution in [2.24, 2.45) is 0 Å². The first-order chi connectivity index (χ1) is 4.41. The van der Waals surface area contributed by atoms with Crippen molar-refractivity contribution >= 4 is 8.46 Å². The van der Waals surface area contributed by atoms with Crippen LogP contribution >= 0.6 is 8.46 Å². The Hall–Kier alpha value is 0.230. The maximum Gasteiger partial charge on any atom is 0.0645 e. The van der Waals surface area contributed by atoms with E-state index in [-0.39, 0.29) is 0 Å². The van der Waals surface area contributed by atoms with Gasteiger partial charge in [0, 0.05) is 0 Å². The van der Waals surface area contributed by atoms with Crippen LogP contribution in [0.2, 0.25) is 0 Å². The van der Waals surface area contributed by atoms with Crippen molar-refractivity contribution in [2.75, 3.05) is 6.16 Å². The predicted molar refractivity (Wildman–Crippen MR) is 44.0 cm³/mol. The lowest BCUT2D eigenvalue weighted by atomic mass is 10.2. The average molecular weight is 148 g/mol. The molecule has 2 heteroatoms. The van der Waals surface area contributed by atoms with Crippen LogP contribution in [0, 0.1) is 0 Å². The van der Waals surface area contributed by atoms with Crippen molar-refractivity contribution in [3.63, 3.8) is 0 Å². The Morgan fingerprint density at radius 1 is 1.11 bits per heavy atom. The molecule has 0 fully saturated rings. The molecular weight excluding hydrogens is 131 g/mol. The lowest BCUT2D eigenvalue weighted by Gasteiger charge is -1.93. The normalized spacial score (nSPS) is 11.2. The molecule has 1 atom stereocenters. The zero-order valence-electron chi connectivity index (χ0n) is 6.23. The van der Waals surface area contributed by atoms with Gasteiger partial charge >= 0.3 is 0 Å². The molecule has 0 saturated heterocycles. The lowest BCUT2D eigenvalue weighted by Crippen LogP contribution is -1.76. The van der Waals surface area contributed by atoms with E-state index in [1.807, 2.05) is 0 Å². The van der Waals surface area contributed by atoms with Gasteiger partial charge in [0.05, 0.1) is 8.46 Å². The van der Waals surface area contributed by atoms with Gasteiger partial charge in [-0.05, 0) is 12.6 Å². The monoisotopic (exact) mass is 148 g/mol. The van der Waals surface area contributed by atoms with E-state index in [1.54, 1.807) is 0 Å². The molecule has 1 nitrogen and oxygen atoms in total. The standard InChI is InChI=1S/C7H17OP/c1-2-3-4-5-6-7-9-8/h2-7,9H2,1H3. The summed E-state index contributed by atoms with van der Waals surface area (Å²) in [6, 6.07) is 0. The van der Waals surface area contributed by atoms with Crippen molar-refractivity contribution in [2.45, 2.75) is 39.0 Å². The minimum atomic E-state index is -0.475. The van der Waals surface area contributed by atoms with Crippen LogP contribution in [-0.4, -0.2) is 6.16 Å². The molecule has 0 aliphatic heterocycles. The molecule has 0 N–H and O–H groups in total. The van der Waals surface area contributed by atoms with Crippen LogP contribution in [-0.2, 0) is 4.57 Å². The fourth-order valence-corrected chi connectivity index (χ4v) is 1.29. The van der Waals surface area contributed by atoms with Gasteiger partial charge in [-0.15, -0.1) is 0 Å². The second-order valence-electron chi connectivity index (χ2n) is 2.37. The summed E-state index contributed by atoms with van der Waals surface area (Å²) in [6.45, 7) is 2.21. The third kappa shape index (κ3) is 8.23. The van der Waals surface area contributed by atoms with Crippen LogP contribution < -0.4 is 0 Å². The molecule has 0 aliphatic carbocycles. The minimum Gasteiger partial charge on any atom is -0.330 e. The largest absolute Gasteiger partial charge is 0.330 e. The molecule has 0 aromatic carbocycles. The molecule has 0 aromatic heterocycles. The Morgan fingerprint density at radius 3 is 2.33 bits per heavy atom. The number of hydrogen-bond acceptors (Lipinski definition) is 1. The Kier molecular flexibility index (Phi) is 8.44. The molecule has 0 amide bonds. The van der Waals surface area contributed by atoms with Crippen LogP contribution in [0.1, 0.15) is 39.0 Å². The maximum absolute atomic E-state index is 10.0. The number of rotatable bonds is 6. The van der Waals surface area contributed by atoms with Crippen LogP contribution in [0.25, 0.3) is 0 Å². The first kappa shape index (κ1) is 9.23. The van der Waals surface area contributed by atoms with E-state index in [9.17, 15) is 4.57 Å². The molecule has 0 aliphatic rings. The average Bonchev–Trinajstić information content (AvgIpc) is 1.89. The van der Waals surface area contributed by atoms with Crippen LogP contribution in [0.5, 0.6) is 0 Å². The molecule has 1 unspecified atom stereocenters. The van der Waals surface area contributed by atoms with E-state index in [1.165, 1.54) is 32.1 Å². The number of unbranched alkanes of at least 4 members (excludes halogenated alkanes) is 4. The maximum atomic E-state index is 10.0. The topological polar surface area (TPSA) is 17.1 Å². The summed E-state index contributed by atoms with van der Waals surface area (Å²) < 4.78 is 10.0. The Bertz CT molecular complexity index is 63.9. The van der Waals surface area contributed by atoms with Crippen LogP contribution in [0.15, 0.2) is 0 Å².